The van der Waals surface area contributed by atoms with Crippen LogP contribution < -0.4 is 11.1 Å². The average molecular weight is 339 g/mol. The molecule has 0 aliphatic carbocycles. The molecular weight excluding hydrogens is 316 g/mol. The van der Waals surface area contributed by atoms with Gasteiger partial charge in [-0.25, -0.2) is 0 Å². The van der Waals surface area contributed by atoms with Gasteiger partial charge in [-0.2, -0.15) is 4.80 Å². The molecule has 0 radical (unpaired) electrons. The standard InChI is InChI=1S/C15H22N6O.ClH/c1-3-15(16,4-2)11-17-13(22)10-21-19-14(18-20-21)12-8-6-5-7-9-12;/h5-9H,3-4,10-11,16H2,1-2H3,(H,17,22);1H. The molecule has 23 heavy (non-hydrogen) atoms. The Morgan fingerprint density at radius 3 is 2.52 bits per heavy atom. The highest BCUT2D eigenvalue weighted by Crippen LogP contribution is 2.12. The minimum atomic E-state index is -0.360. The first-order valence-corrected chi connectivity index (χ1v) is 7.45. The van der Waals surface area contributed by atoms with Gasteiger partial charge in [-0.15, -0.1) is 22.6 Å². The first-order chi connectivity index (χ1) is 10.6. The summed E-state index contributed by atoms with van der Waals surface area (Å²) >= 11 is 0. The number of aromatic nitrogens is 4. The molecule has 0 atom stereocenters. The summed E-state index contributed by atoms with van der Waals surface area (Å²) in [5, 5.41) is 14.9. The number of carbonyl (C=O) groups excluding carboxylic acids is 1. The summed E-state index contributed by atoms with van der Waals surface area (Å²) in [5.74, 6) is 0.331. The molecule has 126 valence electrons. The largest absolute Gasteiger partial charge is 0.353 e. The lowest BCUT2D eigenvalue weighted by atomic mass is 9.94. The second kappa shape index (κ2) is 8.59. The smallest absolute Gasteiger partial charge is 0.243 e. The minimum absolute atomic E-state index is 0. The molecule has 8 heteroatoms. The van der Waals surface area contributed by atoms with Gasteiger partial charge in [-0.3, -0.25) is 4.79 Å². The third-order valence-corrected chi connectivity index (χ3v) is 3.82. The van der Waals surface area contributed by atoms with E-state index in [2.05, 4.69) is 20.7 Å². The number of nitrogens with zero attached hydrogens (tertiary/aromatic N) is 4. The Labute approximate surface area is 142 Å². The molecule has 0 saturated carbocycles. The van der Waals surface area contributed by atoms with E-state index in [9.17, 15) is 4.79 Å². The van der Waals surface area contributed by atoms with Crippen molar-refractivity contribution in [3.63, 3.8) is 0 Å². The van der Waals surface area contributed by atoms with E-state index in [0.29, 0.717) is 12.4 Å². The molecule has 0 unspecified atom stereocenters. The number of carbonyl (C=O) groups is 1. The van der Waals surface area contributed by atoms with Crippen molar-refractivity contribution in [2.75, 3.05) is 6.54 Å². The monoisotopic (exact) mass is 338 g/mol. The third-order valence-electron chi connectivity index (χ3n) is 3.82. The average Bonchev–Trinajstić information content (AvgIpc) is 3.02. The van der Waals surface area contributed by atoms with E-state index in [0.717, 1.165) is 18.4 Å². The van der Waals surface area contributed by atoms with Crippen LogP contribution >= 0.6 is 12.4 Å². The van der Waals surface area contributed by atoms with E-state index < -0.39 is 0 Å². The first-order valence-electron chi connectivity index (χ1n) is 7.45. The second-order valence-electron chi connectivity index (χ2n) is 5.36. The molecule has 1 amide bonds. The van der Waals surface area contributed by atoms with Crippen LogP contribution in [-0.2, 0) is 11.3 Å². The van der Waals surface area contributed by atoms with Crippen molar-refractivity contribution in [1.29, 1.82) is 0 Å². The minimum Gasteiger partial charge on any atom is -0.353 e. The van der Waals surface area contributed by atoms with Crippen molar-refractivity contribution < 1.29 is 4.79 Å². The van der Waals surface area contributed by atoms with Gasteiger partial charge >= 0.3 is 0 Å². The van der Waals surface area contributed by atoms with Gasteiger partial charge < -0.3 is 11.1 Å². The molecule has 3 N–H and O–H groups in total. The highest BCUT2D eigenvalue weighted by Gasteiger charge is 2.21. The molecule has 7 nitrogen and oxygen atoms in total. The number of rotatable bonds is 7. The van der Waals surface area contributed by atoms with E-state index in [1.807, 2.05) is 44.2 Å². The summed E-state index contributed by atoms with van der Waals surface area (Å²) in [6.07, 6.45) is 1.62. The van der Waals surface area contributed by atoms with E-state index in [1.54, 1.807) is 0 Å². The van der Waals surface area contributed by atoms with Crippen LogP contribution in [0.1, 0.15) is 26.7 Å². The normalized spacial score (nSPS) is 10.9. The van der Waals surface area contributed by atoms with E-state index in [4.69, 9.17) is 5.73 Å². The Hall–Kier alpha value is -1.99. The molecule has 0 saturated heterocycles. The van der Waals surface area contributed by atoms with Crippen LogP contribution in [0.15, 0.2) is 30.3 Å². The van der Waals surface area contributed by atoms with Gasteiger partial charge in [0.2, 0.25) is 11.7 Å². The lowest BCUT2D eigenvalue weighted by Gasteiger charge is -2.26. The van der Waals surface area contributed by atoms with Crippen LogP contribution in [0, 0.1) is 0 Å². The van der Waals surface area contributed by atoms with Crippen molar-refractivity contribution in [2.24, 2.45) is 5.73 Å². The Bertz CT molecular complexity index is 611. The molecule has 1 aromatic carbocycles. The predicted octanol–water partition coefficient (Wildman–Crippen LogP) is 1.40. The van der Waals surface area contributed by atoms with Crippen molar-refractivity contribution in [2.45, 2.75) is 38.8 Å². The molecule has 2 aromatic rings. The van der Waals surface area contributed by atoms with Gasteiger partial charge in [0.15, 0.2) is 0 Å². The molecule has 1 heterocycles. The van der Waals surface area contributed by atoms with Gasteiger partial charge in [-0.1, -0.05) is 44.2 Å². The van der Waals surface area contributed by atoms with Crippen LogP contribution in [0.2, 0.25) is 0 Å². The van der Waals surface area contributed by atoms with Gasteiger partial charge in [0.1, 0.15) is 6.54 Å². The Morgan fingerprint density at radius 1 is 1.26 bits per heavy atom. The zero-order valence-electron chi connectivity index (χ0n) is 13.4. The molecule has 0 aliphatic heterocycles. The van der Waals surface area contributed by atoms with Crippen molar-refractivity contribution >= 4 is 18.3 Å². The van der Waals surface area contributed by atoms with Crippen LogP contribution in [0.25, 0.3) is 11.4 Å². The molecule has 0 bridgehead atoms. The maximum Gasteiger partial charge on any atom is 0.243 e. The SMILES string of the molecule is CCC(N)(CC)CNC(=O)Cn1nnc(-c2ccccc2)n1.Cl. The lowest BCUT2D eigenvalue weighted by Crippen LogP contribution is -2.49. The number of amides is 1. The summed E-state index contributed by atoms with van der Waals surface area (Å²) in [5.41, 5.74) is 6.66. The maximum atomic E-state index is 11.9. The number of hydrogen-bond acceptors (Lipinski definition) is 5. The fourth-order valence-electron chi connectivity index (χ4n) is 1.97. The zero-order valence-corrected chi connectivity index (χ0v) is 14.2. The number of hydrogen-bond donors (Lipinski definition) is 2. The molecular formula is C15H23ClN6O. The maximum absolute atomic E-state index is 11.9. The highest BCUT2D eigenvalue weighted by molar-refractivity contribution is 5.85. The Kier molecular flexibility index (Phi) is 7.12. The topological polar surface area (TPSA) is 98.7 Å². The fraction of sp³-hybridized carbons (Fsp3) is 0.467. The van der Waals surface area contributed by atoms with Gasteiger partial charge in [0.05, 0.1) is 0 Å². The van der Waals surface area contributed by atoms with Crippen LogP contribution in [0.3, 0.4) is 0 Å². The molecule has 0 spiro atoms. The fourth-order valence-corrected chi connectivity index (χ4v) is 1.97. The number of tetrazole rings is 1. The summed E-state index contributed by atoms with van der Waals surface area (Å²) in [4.78, 5) is 13.2. The van der Waals surface area contributed by atoms with E-state index in [1.165, 1.54) is 4.80 Å². The summed E-state index contributed by atoms with van der Waals surface area (Å²) in [6.45, 7) is 4.50. The summed E-state index contributed by atoms with van der Waals surface area (Å²) in [6, 6.07) is 9.51. The van der Waals surface area contributed by atoms with Crippen LogP contribution in [0.5, 0.6) is 0 Å². The predicted molar refractivity (Wildman–Crippen MR) is 91.0 cm³/mol. The van der Waals surface area contributed by atoms with E-state index in [-0.39, 0.29) is 30.4 Å². The zero-order chi connectivity index (χ0) is 16.0. The first kappa shape index (κ1) is 19.1. The van der Waals surface area contributed by atoms with Gasteiger partial charge in [0.25, 0.3) is 0 Å². The van der Waals surface area contributed by atoms with Crippen molar-refractivity contribution in [3.8, 4) is 11.4 Å². The molecule has 1 aromatic heterocycles. The number of halogens is 1. The van der Waals surface area contributed by atoms with Gasteiger partial charge in [0, 0.05) is 17.6 Å². The highest BCUT2D eigenvalue weighted by atomic mass is 35.5. The number of nitrogens with one attached hydrogen (secondary N) is 1. The van der Waals surface area contributed by atoms with Crippen molar-refractivity contribution in [3.05, 3.63) is 30.3 Å². The quantitative estimate of drug-likeness (QED) is 0.795. The molecule has 0 fully saturated rings. The Morgan fingerprint density at radius 2 is 1.91 bits per heavy atom. The second-order valence-corrected chi connectivity index (χ2v) is 5.36. The lowest BCUT2D eigenvalue weighted by molar-refractivity contribution is -0.122. The molecule has 2 rings (SSSR count). The van der Waals surface area contributed by atoms with Crippen molar-refractivity contribution in [1.82, 2.24) is 25.5 Å². The Balaban J connectivity index is 0.00000264. The molecule has 0 aliphatic rings. The van der Waals surface area contributed by atoms with Crippen LogP contribution in [-0.4, -0.2) is 38.2 Å². The van der Waals surface area contributed by atoms with Crippen LogP contribution in [0.4, 0.5) is 0 Å². The van der Waals surface area contributed by atoms with Gasteiger partial charge in [-0.05, 0) is 18.1 Å². The third kappa shape index (κ3) is 5.30. The number of benzene rings is 1. The summed E-state index contributed by atoms with van der Waals surface area (Å²) < 4.78 is 0. The number of nitrogens with two attached hydrogens (primary N) is 1. The van der Waals surface area contributed by atoms with E-state index >= 15 is 0 Å². The summed E-state index contributed by atoms with van der Waals surface area (Å²) in [7, 11) is 0.